The van der Waals surface area contributed by atoms with E-state index in [1.165, 1.54) is 31.0 Å². The number of aromatic amines is 1. The number of fused-ring (bicyclic) bond motifs is 1. The topological polar surface area (TPSA) is 70.7 Å². The van der Waals surface area contributed by atoms with Gasteiger partial charge in [0, 0.05) is 17.8 Å². The fraction of sp³-hybridized carbons (Fsp3) is 0.350. The van der Waals surface area contributed by atoms with Gasteiger partial charge in [0.15, 0.2) is 0 Å². The maximum Gasteiger partial charge on any atom is 0.230 e. The van der Waals surface area contributed by atoms with Crippen molar-refractivity contribution in [2.24, 2.45) is 0 Å². The number of hydrogen-bond donors (Lipinski definition) is 2. The third-order valence-corrected chi connectivity index (χ3v) is 5.81. The zero-order valence-electron chi connectivity index (χ0n) is 14.6. The summed E-state index contributed by atoms with van der Waals surface area (Å²) in [6.45, 7) is 0. The Balaban J connectivity index is 1.47. The first kappa shape index (κ1) is 17.1. The summed E-state index contributed by atoms with van der Waals surface area (Å²) >= 11 is 1.46. The highest BCUT2D eigenvalue weighted by Gasteiger charge is 2.17. The lowest BCUT2D eigenvalue weighted by Gasteiger charge is -2.22. The molecule has 1 amide bonds. The molecule has 1 aliphatic rings. The predicted octanol–water partition coefficient (Wildman–Crippen LogP) is 4.17. The van der Waals surface area contributed by atoms with E-state index in [4.69, 9.17) is 0 Å². The van der Waals surface area contributed by atoms with Crippen molar-refractivity contribution in [2.75, 3.05) is 5.75 Å². The summed E-state index contributed by atoms with van der Waals surface area (Å²) in [7, 11) is 0. The normalized spacial score (nSPS) is 15.2. The van der Waals surface area contributed by atoms with Gasteiger partial charge in [-0.05, 0) is 18.4 Å². The number of benzene rings is 1. The van der Waals surface area contributed by atoms with Gasteiger partial charge in [-0.15, -0.1) is 0 Å². The zero-order valence-corrected chi connectivity index (χ0v) is 15.4. The van der Waals surface area contributed by atoms with Crippen molar-refractivity contribution in [2.45, 2.75) is 43.2 Å². The molecule has 4 rings (SSSR count). The summed E-state index contributed by atoms with van der Waals surface area (Å²) in [4.78, 5) is 24.4. The van der Waals surface area contributed by atoms with Crippen LogP contribution in [0, 0.1) is 0 Å². The van der Waals surface area contributed by atoms with E-state index in [0.717, 1.165) is 40.0 Å². The maximum absolute atomic E-state index is 12.3. The van der Waals surface area contributed by atoms with Crippen molar-refractivity contribution in [3.05, 3.63) is 42.9 Å². The Kier molecular flexibility index (Phi) is 5.20. The smallest absolute Gasteiger partial charge is 0.230 e. The Hall–Kier alpha value is -2.34. The van der Waals surface area contributed by atoms with Gasteiger partial charge in [0.2, 0.25) is 5.91 Å². The second-order valence-corrected chi connectivity index (χ2v) is 7.63. The summed E-state index contributed by atoms with van der Waals surface area (Å²) in [5.41, 5.74) is 3.95. The van der Waals surface area contributed by atoms with Crippen LogP contribution in [-0.4, -0.2) is 32.7 Å². The molecule has 0 bridgehead atoms. The standard InChI is InChI=1S/C20H22N4OS/c25-17(24-15-9-5-2-6-10-15)12-26-20-19-18(22-13-23-20)16(11-21-19)14-7-3-1-4-8-14/h1,3-4,7-8,11,13,15,21H,2,5-6,9-10,12H2,(H,24,25). The number of hydrogen-bond acceptors (Lipinski definition) is 4. The van der Waals surface area contributed by atoms with E-state index >= 15 is 0 Å². The van der Waals surface area contributed by atoms with Gasteiger partial charge >= 0.3 is 0 Å². The number of carbonyl (C=O) groups excluding carboxylic acids is 1. The monoisotopic (exact) mass is 366 g/mol. The van der Waals surface area contributed by atoms with Crippen molar-refractivity contribution in [1.82, 2.24) is 20.3 Å². The van der Waals surface area contributed by atoms with Crippen LogP contribution in [0.2, 0.25) is 0 Å². The van der Waals surface area contributed by atoms with E-state index in [0.29, 0.717) is 11.8 Å². The van der Waals surface area contributed by atoms with Crippen molar-refractivity contribution in [1.29, 1.82) is 0 Å². The molecule has 1 aromatic carbocycles. The Morgan fingerprint density at radius 1 is 1.15 bits per heavy atom. The number of aromatic nitrogens is 3. The molecule has 0 atom stereocenters. The second-order valence-electron chi connectivity index (χ2n) is 6.66. The first-order valence-corrected chi connectivity index (χ1v) is 10.1. The first-order chi connectivity index (χ1) is 12.8. The van der Waals surface area contributed by atoms with Gasteiger partial charge in [0.25, 0.3) is 0 Å². The van der Waals surface area contributed by atoms with E-state index < -0.39 is 0 Å². The second kappa shape index (κ2) is 7.91. The van der Waals surface area contributed by atoms with Crippen LogP contribution >= 0.6 is 11.8 Å². The lowest BCUT2D eigenvalue weighted by atomic mass is 9.95. The summed E-state index contributed by atoms with van der Waals surface area (Å²) < 4.78 is 0. The van der Waals surface area contributed by atoms with Crippen LogP contribution in [-0.2, 0) is 4.79 Å². The van der Waals surface area contributed by atoms with Crippen molar-refractivity contribution >= 4 is 28.7 Å². The lowest BCUT2D eigenvalue weighted by Crippen LogP contribution is -2.37. The van der Waals surface area contributed by atoms with Crippen molar-refractivity contribution < 1.29 is 4.79 Å². The summed E-state index contributed by atoms with van der Waals surface area (Å²) in [6.07, 6.45) is 9.46. The molecule has 0 aliphatic heterocycles. The molecule has 0 spiro atoms. The molecule has 1 fully saturated rings. The lowest BCUT2D eigenvalue weighted by molar-refractivity contribution is -0.119. The van der Waals surface area contributed by atoms with Crippen molar-refractivity contribution in [3.8, 4) is 11.1 Å². The molecule has 3 aromatic rings. The molecule has 134 valence electrons. The Morgan fingerprint density at radius 2 is 1.96 bits per heavy atom. The van der Waals surface area contributed by atoms with Gasteiger partial charge in [-0.3, -0.25) is 4.79 Å². The van der Waals surface area contributed by atoms with Crippen LogP contribution < -0.4 is 5.32 Å². The summed E-state index contributed by atoms with van der Waals surface area (Å²) in [5, 5.41) is 3.97. The fourth-order valence-corrected chi connectivity index (χ4v) is 4.29. The summed E-state index contributed by atoms with van der Waals surface area (Å²) in [5.74, 6) is 0.464. The van der Waals surface area contributed by atoms with E-state index in [1.807, 2.05) is 24.4 Å². The van der Waals surface area contributed by atoms with Crippen molar-refractivity contribution in [3.63, 3.8) is 0 Å². The van der Waals surface area contributed by atoms with E-state index in [1.54, 1.807) is 6.33 Å². The molecule has 0 saturated heterocycles. The Labute approximate surface area is 157 Å². The highest BCUT2D eigenvalue weighted by Crippen LogP contribution is 2.31. The van der Waals surface area contributed by atoms with Gasteiger partial charge in [0.05, 0.1) is 11.3 Å². The molecule has 5 nitrogen and oxygen atoms in total. The summed E-state index contributed by atoms with van der Waals surface area (Å²) in [6, 6.07) is 10.5. The molecule has 0 radical (unpaired) electrons. The molecule has 0 unspecified atom stereocenters. The third-order valence-electron chi connectivity index (χ3n) is 4.82. The number of nitrogens with one attached hydrogen (secondary N) is 2. The quantitative estimate of drug-likeness (QED) is 0.525. The van der Waals surface area contributed by atoms with Crippen LogP contribution in [0.1, 0.15) is 32.1 Å². The molecular formula is C20H22N4OS. The molecular weight excluding hydrogens is 344 g/mol. The van der Waals surface area contributed by atoms with Gasteiger partial charge in [-0.25, -0.2) is 9.97 Å². The molecule has 26 heavy (non-hydrogen) atoms. The van der Waals surface area contributed by atoms with Gasteiger partial charge in [-0.1, -0.05) is 61.4 Å². The minimum Gasteiger partial charge on any atom is -0.357 e. The molecule has 1 saturated carbocycles. The SMILES string of the molecule is O=C(CSc1ncnc2c(-c3ccccc3)c[nH]c12)NC1CCCCC1. The number of nitrogens with zero attached hydrogens (tertiary/aromatic N) is 2. The Morgan fingerprint density at radius 3 is 2.77 bits per heavy atom. The molecule has 2 heterocycles. The number of amides is 1. The molecule has 2 N–H and O–H groups in total. The Bertz CT molecular complexity index is 887. The molecule has 6 heteroatoms. The van der Waals surface area contributed by atoms with Crippen LogP contribution in [0.15, 0.2) is 47.9 Å². The van der Waals surface area contributed by atoms with E-state index in [-0.39, 0.29) is 5.91 Å². The van der Waals surface area contributed by atoms with Gasteiger partial charge in [-0.2, -0.15) is 0 Å². The molecule has 1 aliphatic carbocycles. The largest absolute Gasteiger partial charge is 0.357 e. The third kappa shape index (κ3) is 3.75. The maximum atomic E-state index is 12.3. The minimum atomic E-state index is 0.0866. The van der Waals surface area contributed by atoms with E-state index in [2.05, 4.69) is 32.4 Å². The number of thioether (sulfide) groups is 1. The zero-order chi connectivity index (χ0) is 17.8. The average Bonchev–Trinajstić information content (AvgIpc) is 3.12. The number of rotatable bonds is 5. The highest BCUT2D eigenvalue weighted by molar-refractivity contribution is 8.00. The van der Waals surface area contributed by atoms with Crippen LogP contribution in [0.5, 0.6) is 0 Å². The predicted molar refractivity (Wildman–Crippen MR) is 105 cm³/mol. The number of H-pyrrole nitrogens is 1. The van der Waals surface area contributed by atoms with Crippen LogP contribution in [0.25, 0.3) is 22.2 Å². The van der Waals surface area contributed by atoms with Crippen LogP contribution in [0.4, 0.5) is 0 Å². The van der Waals surface area contributed by atoms with Gasteiger partial charge < -0.3 is 10.3 Å². The highest BCUT2D eigenvalue weighted by atomic mass is 32.2. The van der Waals surface area contributed by atoms with Gasteiger partial charge in [0.1, 0.15) is 16.9 Å². The van der Waals surface area contributed by atoms with Crippen LogP contribution in [0.3, 0.4) is 0 Å². The average molecular weight is 366 g/mol. The first-order valence-electron chi connectivity index (χ1n) is 9.11. The van der Waals surface area contributed by atoms with E-state index in [9.17, 15) is 4.79 Å². The molecule has 2 aromatic heterocycles. The fourth-order valence-electron chi connectivity index (χ4n) is 3.51. The minimum absolute atomic E-state index is 0.0866. The number of carbonyl (C=O) groups is 1.